The van der Waals surface area contributed by atoms with Crippen molar-refractivity contribution in [3.8, 4) is 11.8 Å². The van der Waals surface area contributed by atoms with Crippen LogP contribution in [0.25, 0.3) is 0 Å². The zero-order valence-corrected chi connectivity index (χ0v) is 8.36. The summed E-state index contributed by atoms with van der Waals surface area (Å²) in [6.45, 7) is 0. The average molecular weight is 234 g/mol. The van der Waals surface area contributed by atoms with Crippen LogP contribution in [-0.2, 0) is 6.18 Å². The van der Waals surface area contributed by atoms with E-state index < -0.39 is 11.9 Å². The first kappa shape index (κ1) is 11.9. The Hall–Kier alpha value is -1.21. The highest BCUT2D eigenvalue weighted by atomic mass is 35.5. The van der Waals surface area contributed by atoms with Crippen LogP contribution in [0.15, 0.2) is 18.2 Å². The van der Waals surface area contributed by atoms with E-state index in [1.807, 2.05) is 0 Å². The topological polar surface area (TPSA) is 12.9 Å². The number of alkyl halides is 4. The summed E-state index contributed by atoms with van der Waals surface area (Å²) in [7, 11) is 0. The maximum atomic E-state index is 12.2. The minimum Gasteiger partial charge on any atom is -0.235 e. The maximum absolute atomic E-state index is 12.2. The summed E-state index contributed by atoms with van der Waals surface area (Å²) in [6.07, 6.45) is -4.00. The minimum atomic E-state index is -4.43. The first-order valence-corrected chi connectivity index (χ1v) is 4.66. The average Bonchev–Trinajstić information content (AvgIpc) is 2.17. The summed E-state index contributed by atoms with van der Waals surface area (Å²) < 4.78 is 36.7. The standard InChI is InChI=1S/C10H7ClF3N/c11-7-2-1-4-8-5-3-6-9(15-8)10(12,13)14/h3,5-6H,2,7H2. The molecule has 5 heteroatoms. The molecular weight excluding hydrogens is 227 g/mol. The van der Waals surface area contributed by atoms with Gasteiger partial charge in [0.1, 0.15) is 11.4 Å². The van der Waals surface area contributed by atoms with Crippen LogP contribution in [0.2, 0.25) is 0 Å². The van der Waals surface area contributed by atoms with Gasteiger partial charge in [-0.3, -0.25) is 0 Å². The molecule has 0 amide bonds. The molecule has 0 unspecified atom stereocenters. The zero-order chi connectivity index (χ0) is 11.3. The summed E-state index contributed by atoms with van der Waals surface area (Å²) in [4.78, 5) is 3.37. The SMILES string of the molecule is FC(F)(F)c1cccc(C#CCCCl)n1. The van der Waals surface area contributed by atoms with E-state index in [1.54, 1.807) is 0 Å². The van der Waals surface area contributed by atoms with Crippen molar-refractivity contribution in [1.82, 2.24) is 4.98 Å². The Morgan fingerprint density at radius 3 is 2.67 bits per heavy atom. The lowest BCUT2D eigenvalue weighted by Gasteiger charge is -2.04. The maximum Gasteiger partial charge on any atom is 0.433 e. The summed E-state index contributed by atoms with van der Waals surface area (Å²) in [5, 5.41) is 0. The summed E-state index contributed by atoms with van der Waals surface area (Å²) >= 11 is 5.37. The zero-order valence-electron chi connectivity index (χ0n) is 7.61. The van der Waals surface area contributed by atoms with Gasteiger partial charge in [0.05, 0.1) is 0 Å². The van der Waals surface area contributed by atoms with Crippen molar-refractivity contribution in [3.05, 3.63) is 29.6 Å². The van der Waals surface area contributed by atoms with Crippen molar-refractivity contribution in [2.45, 2.75) is 12.6 Å². The lowest BCUT2D eigenvalue weighted by Crippen LogP contribution is -2.08. The van der Waals surface area contributed by atoms with Crippen LogP contribution in [-0.4, -0.2) is 10.9 Å². The van der Waals surface area contributed by atoms with Gasteiger partial charge < -0.3 is 0 Å². The second-order valence-corrected chi connectivity index (χ2v) is 3.02. The predicted octanol–water partition coefficient (Wildman–Crippen LogP) is 3.08. The van der Waals surface area contributed by atoms with Crippen molar-refractivity contribution < 1.29 is 13.2 Å². The molecule has 0 aromatic carbocycles. The van der Waals surface area contributed by atoms with Gasteiger partial charge in [0.25, 0.3) is 0 Å². The molecule has 0 spiro atoms. The van der Waals surface area contributed by atoms with Crippen molar-refractivity contribution in [2.24, 2.45) is 0 Å². The van der Waals surface area contributed by atoms with Gasteiger partial charge in [-0.25, -0.2) is 4.98 Å². The number of pyridine rings is 1. The van der Waals surface area contributed by atoms with Crippen LogP contribution in [0, 0.1) is 11.8 Å². The van der Waals surface area contributed by atoms with Crippen molar-refractivity contribution in [2.75, 3.05) is 5.88 Å². The molecular formula is C10H7ClF3N. The van der Waals surface area contributed by atoms with E-state index in [-0.39, 0.29) is 5.69 Å². The molecule has 80 valence electrons. The quantitative estimate of drug-likeness (QED) is 0.537. The van der Waals surface area contributed by atoms with Crippen LogP contribution >= 0.6 is 11.6 Å². The number of hydrogen-bond acceptors (Lipinski definition) is 1. The molecule has 1 rings (SSSR count). The Kier molecular flexibility index (Phi) is 3.98. The highest BCUT2D eigenvalue weighted by Gasteiger charge is 2.32. The van der Waals surface area contributed by atoms with Gasteiger partial charge in [-0.05, 0) is 18.1 Å². The first-order chi connectivity index (χ1) is 7.04. The molecule has 1 heterocycles. The molecule has 0 saturated heterocycles. The van der Waals surface area contributed by atoms with E-state index >= 15 is 0 Å². The smallest absolute Gasteiger partial charge is 0.235 e. The third-order valence-electron chi connectivity index (χ3n) is 1.48. The molecule has 1 aromatic heterocycles. The third-order valence-corrected chi connectivity index (χ3v) is 1.66. The third kappa shape index (κ3) is 3.80. The largest absolute Gasteiger partial charge is 0.433 e. The Morgan fingerprint density at radius 1 is 1.33 bits per heavy atom. The van der Waals surface area contributed by atoms with Gasteiger partial charge in [0.2, 0.25) is 0 Å². The number of rotatable bonds is 1. The predicted molar refractivity (Wildman–Crippen MR) is 51.5 cm³/mol. The van der Waals surface area contributed by atoms with Gasteiger partial charge in [0, 0.05) is 12.3 Å². The van der Waals surface area contributed by atoms with E-state index in [0.29, 0.717) is 12.3 Å². The van der Waals surface area contributed by atoms with Gasteiger partial charge >= 0.3 is 6.18 Å². The molecule has 0 aliphatic carbocycles. The number of hydrogen-bond donors (Lipinski definition) is 0. The molecule has 0 atom stereocenters. The fourth-order valence-electron chi connectivity index (χ4n) is 0.863. The highest BCUT2D eigenvalue weighted by Crippen LogP contribution is 2.27. The van der Waals surface area contributed by atoms with Gasteiger partial charge in [-0.15, -0.1) is 11.6 Å². The van der Waals surface area contributed by atoms with Crippen LogP contribution in [0.5, 0.6) is 0 Å². The summed E-state index contributed by atoms with van der Waals surface area (Å²) in [6, 6.07) is 3.61. The first-order valence-electron chi connectivity index (χ1n) is 4.13. The molecule has 0 aliphatic heterocycles. The van der Waals surface area contributed by atoms with E-state index in [0.717, 1.165) is 6.07 Å². The minimum absolute atomic E-state index is 0.106. The van der Waals surface area contributed by atoms with E-state index in [4.69, 9.17) is 11.6 Å². The summed E-state index contributed by atoms with van der Waals surface area (Å²) in [5.74, 6) is 5.48. The van der Waals surface area contributed by atoms with Gasteiger partial charge in [-0.2, -0.15) is 13.2 Å². The lowest BCUT2D eigenvalue weighted by atomic mass is 10.3. The Labute approximate surface area is 90.3 Å². The van der Waals surface area contributed by atoms with E-state index in [2.05, 4.69) is 16.8 Å². The number of halogens is 4. The van der Waals surface area contributed by atoms with Crippen LogP contribution in [0.1, 0.15) is 17.8 Å². The molecule has 0 saturated carbocycles. The second kappa shape index (κ2) is 5.04. The Bertz CT molecular complexity index is 390. The van der Waals surface area contributed by atoms with Crippen LogP contribution in [0.4, 0.5) is 13.2 Å². The molecule has 1 nitrogen and oxygen atoms in total. The lowest BCUT2D eigenvalue weighted by molar-refractivity contribution is -0.141. The molecule has 0 aliphatic rings. The molecule has 15 heavy (non-hydrogen) atoms. The van der Waals surface area contributed by atoms with Gasteiger partial charge in [0.15, 0.2) is 0 Å². The molecule has 1 aromatic rings. The fraction of sp³-hybridized carbons (Fsp3) is 0.300. The van der Waals surface area contributed by atoms with Crippen molar-refractivity contribution in [1.29, 1.82) is 0 Å². The van der Waals surface area contributed by atoms with Crippen LogP contribution < -0.4 is 0 Å². The second-order valence-electron chi connectivity index (χ2n) is 2.65. The monoisotopic (exact) mass is 233 g/mol. The van der Waals surface area contributed by atoms with Crippen molar-refractivity contribution >= 4 is 11.6 Å². The number of aromatic nitrogens is 1. The molecule has 0 radical (unpaired) electrons. The van der Waals surface area contributed by atoms with E-state index in [9.17, 15) is 13.2 Å². The normalized spacial score (nSPS) is 10.7. The van der Waals surface area contributed by atoms with Crippen molar-refractivity contribution in [3.63, 3.8) is 0 Å². The molecule has 0 bridgehead atoms. The summed E-state index contributed by atoms with van der Waals surface area (Å²) in [5.41, 5.74) is -0.824. The Morgan fingerprint density at radius 2 is 2.07 bits per heavy atom. The van der Waals surface area contributed by atoms with Gasteiger partial charge in [-0.1, -0.05) is 12.0 Å². The highest BCUT2D eigenvalue weighted by molar-refractivity contribution is 6.18. The number of nitrogens with zero attached hydrogens (tertiary/aromatic N) is 1. The molecule has 0 N–H and O–H groups in total. The van der Waals surface area contributed by atoms with E-state index in [1.165, 1.54) is 12.1 Å². The van der Waals surface area contributed by atoms with Crippen LogP contribution in [0.3, 0.4) is 0 Å². The Balaban J connectivity index is 2.90. The fourth-order valence-corrected chi connectivity index (χ4v) is 0.957. The molecule has 0 fully saturated rings.